The number of ether oxygens (including phenoxy) is 1. The Labute approximate surface area is 175 Å². The fourth-order valence-electron chi connectivity index (χ4n) is 3.47. The summed E-state index contributed by atoms with van der Waals surface area (Å²) in [6, 6.07) is 13.5. The van der Waals surface area contributed by atoms with E-state index in [4.69, 9.17) is 9.72 Å². The molecular formula is C21H24ClN5O2. The lowest BCUT2D eigenvalue weighted by atomic mass is 10.0. The number of benzene rings is 1. The van der Waals surface area contributed by atoms with Gasteiger partial charge in [0.1, 0.15) is 5.75 Å². The number of aromatic nitrogens is 3. The van der Waals surface area contributed by atoms with Crippen molar-refractivity contribution in [2.75, 3.05) is 31.6 Å². The molecule has 1 atom stereocenters. The topological polar surface area (TPSA) is 72.3 Å². The van der Waals surface area contributed by atoms with Gasteiger partial charge in [0.15, 0.2) is 0 Å². The number of methoxy groups -OCH3 is 1. The second kappa shape index (κ2) is 9.07. The van der Waals surface area contributed by atoms with Crippen LogP contribution in [0, 0.1) is 0 Å². The van der Waals surface area contributed by atoms with Gasteiger partial charge in [-0.25, -0.2) is 4.98 Å². The molecule has 1 aliphatic heterocycles. The molecule has 0 bridgehead atoms. The van der Waals surface area contributed by atoms with Crippen LogP contribution in [0.4, 0.5) is 5.95 Å². The number of hydrogen-bond acceptors (Lipinski definition) is 6. The number of piperazine rings is 1. The van der Waals surface area contributed by atoms with Gasteiger partial charge in [-0.3, -0.25) is 14.3 Å². The quantitative estimate of drug-likeness (QED) is 0.708. The number of nitrogens with zero attached hydrogens (tertiary/aromatic N) is 4. The van der Waals surface area contributed by atoms with Gasteiger partial charge in [-0.2, -0.15) is 0 Å². The summed E-state index contributed by atoms with van der Waals surface area (Å²) in [6.07, 6.45) is 3.41. The molecule has 29 heavy (non-hydrogen) atoms. The summed E-state index contributed by atoms with van der Waals surface area (Å²) >= 11 is 0. The fraction of sp³-hybridized carbons (Fsp3) is 0.286. The molecule has 4 rings (SSSR count). The van der Waals surface area contributed by atoms with Crippen molar-refractivity contribution in [3.05, 3.63) is 70.8 Å². The lowest BCUT2D eigenvalue weighted by Crippen LogP contribution is -2.47. The normalized spacial score (nSPS) is 16.2. The van der Waals surface area contributed by atoms with Crippen molar-refractivity contribution in [1.29, 1.82) is 0 Å². The largest absolute Gasteiger partial charge is 0.497 e. The zero-order chi connectivity index (χ0) is 19.5. The minimum atomic E-state index is -0.0728. The first-order chi connectivity index (χ1) is 13.7. The average molecular weight is 414 g/mol. The van der Waals surface area contributed by atoms with Crippen LogP contribution >= 0.6 is 12.4 Å². The predicted octanol–water partition coefficient (Wildman–Crippen LogP) is 2.42. The van der Waals surface area contributed by atoms with Gasteiger partial charge in [0, 0.05) is 56.7 Å². The maximum Gasteiger partial charge on any atom is 0.255 e. The molecule has 1 N–H and O–H groups in total. The third-order valence-electron chi connectivity index (χ3n) is 5.06. The van der Waals surface area contributed by atoms with E-state index in [-0.39, 0.29) is 24.0 Å². The summed E-state index contributed by atoms with van der Waals surface area (Å²) < 4.78 is 6.86. The van der Waals surface area contributed by atoms with Crippen LogP contribution in [-0.4, -0.2) is 41.3 Å². The number of nitrogens with one attached hydrogen (secondary N) is 1. The molecule has 1 saturated heterocycles. The molecule has 152 valence electrons. The lowest BCUT2D eigenvalue weighted by molar-refractivity contribution is 0.413. The first-order valence-corrected chi connectivity index (χ1v) is 9.26. The van der Waals surface area contributed by atoms with Gasteiger partial charge in [0.05, 0.1) is 12.8 Å². The molecule has 0 saturated carbocycles. The van der Waals surface area contributed by atoms with Crippen LogP contribution in [0.2, 0.25) is 0 Å². The minimum absolute atomic E-state index is 0. The van der Waals surface area contributed by atoms with Gasteiger partial charge in [0.2, 0.25) is 5.95 Å². The van der Waals surface area contributed by atoms with E-state index in [0.717, 1.165) is 30.9 Å². The summed E-state index contributed by atoms with van der Waals surface area (Å²) in [5.74, 6) is 1.52. The second-order valence-corrected chi connectivity index (χ2v) is 6.80. The van der Waals surface area contributed by atoms with Gasteiger partial charge in [-0.15, -0.1) is 12.4 Å². The van der Waals surface area contributed by atoms with Crippen LogP contribution in [0.25, 0.3) is 11.3 Å². The second-order valence-electron chi connectivity index (χ2n) is 6.80. The van der Waals surface area contributed by atoms with Crippen molar-refractivity contribution >= 4 is 18.4 Å². The van der Waals surface area contributed by atoms with Crippen molar-refractivity contribution in [1.82, 2.24) is 19.9 Å². The molecule has 7 nitrogen and oxygen atoms in total. The molecule has 3 heterocycles. The Hall–Kier alpha value is -2.90. The maximum absolute atomic E-state index is 12.5. The van der Waals surface area contributed by atoms with Crippen LogP contribution in [0.3, 0.4) is 0 Å². The molecule has 0 spiro atoms. The van der Waals surface area contributed by atoms with Crippen LogP contribution in [0.5, 0.6) is 5.75 Å². The number of halogens is 1. The molecule has 1 unspecified atom stereocenters. The Morgan fingerprint density at radius 3 is 2.55 bits per heavy atom. The van der Waals surface area contributed by atoms with Gasteiger partial charge in [0.25, 0.3) is 5.56 Å². The maximum atomic E-state index is 12.5. The molecule has 3 aromatic rings. The highest BCUT2D eigenvalue weighted by Gasteiger charge is 2.24. The number of pyridine rings is 1. The molecule has 1 aliphatic rings. The summed E-state index contributed by atoms with van der Waals surface area (Å²) in [7, 11) is 3.43. The van der Waals surface area contributed by atoms with Crippen LogP contribution in [0.1, 0.15) is 11.6 Å². The number of hydrogen-bond donors (Lipinski definition) is 1. The fourth-order valence-corrected chi connectivity index (χ4v) is 3.47. The molecule has 0 amide bonds. The first-order valence-electron chi connectivity index (χ1n) is 9.26. The minimum Gasteiger partial charge on any atom is -0.497 e. The van der Waals surface area contributed by atoms with Gasteiger partial charge < -0.3 is 15.0 Å². The molecule has 2 aromatic heterocycles. The zero-order valence-electron chi connectivity index (χ0n) is 16.4. The van der Waals surface area contributed by atoms with Gasteiger partial charge in [-0.1, -0.05) is 12.1 Å². The van der Waals surface area contributed by atoms with E-state index in [1.807, 2.05) is 24.3 Å². The summed E-state index contributed by atoms with van der Waals surface area (Å²) in [5.41, 5.74) is 2.66. The summed E-state index contributed by atoms with van der Waals surface area (Å²) in [6.45, 7) is 2.32. The Morgan fingerprint density at radius 1 is 1.14 bits per heavy atom. The Morgan fingerprint density at radius 2 is 1.86 bits per heavy atom. The van der Waals surface area contributed by atoms with Crippen LogP contribution < -0.4 is 20.5 Å². The van der Waals surface area contributed by atoms with E-state index in [2.05, 4.69) is 27.3 Å². The molecule has 1 fully saturated rings. The van der Waals surface area contributed by atoms with Crippen molar-refractivity contribution in [2.45, 2.75) is 6.04 Å². The van der Waals surface area contributed by atoms with Crippen LogP contribution in [0.15, 0.2) is 59.7 Å². The third-order valence-corrected chi connectivity index (χ3v) is 5.06. The highest BCUT2D eigenvalue weighted by Crippen LogP contribution is 2.24. The summed E-state index contributed by atoms with van der Waals surface area (Å²) in [4.78, 5) is 23.6. The molecule has 8 heteroatoms. The highest BCUT2D eigenvalue weighted by molar-refractivity contribution is 5.85. The van der Waals surface area contributed by atoms with Crippen molar-refractivity contribution in [2.24, 2.45) is 7.05 Å². The molecule has 1 aromatic carbocycles. The van der Waals surface area contributed by atoms with Crippen molar-refractivity contribution in [3.63, 3.8) is 0 Å². The lowest BCUT2D eigenvalue weighted by Gasteiger charge is -2.35. The van der Waals surface area contributed by atoms with E-state index < -0.39 is 0 Å². The van der Waals surface area contributed by atoms with E-state index >= 15 is 0 Å². The Bertz CT molecular complexity index is 1010. The smallest absolute Gasteiger partial charge is 0.255 e. The first kappa shape index (κ1) is 20.8. The van der Waals surface area contributed by atoms with Crippen molar-refractivity contribution < 1.29 is 4.74 Å². The molecular weight excluding hydrogens is 390 g/mol. The average Bonchev–Trinajstić information content (AvgIpc) is 2.76. The standard InChI is InChI=1S/C21H23N5O2.ClH/c1-25-20(27)13-18(16-7-9-22-10-8-16)24-21(25)26-12-11-23-19(14-26)15-3-5-17(28-2)6-4-15;/h3-10,13,19,23H,11-12,14H2,1-2H3;1H. The van der Waals surface area contributed by atoms with Crippen molar-refractivity contribution in [3.8, 4) is 17.0 Å². The Balaban J connectivity index is 0.00000240. The number of rotatable bonds is 4. The van der Waals surface area contributed by atoms with Gasteiger partial charge >= 0.3 is 0 Å². The monoisotopic (exact) mass is 413 g/mol. The zero-order valence-corrected chi connectivity index (χ0v) is 17.2. The van der Waals surface area contributed by atoms with E-state index in [1.54, 1.807) is 37.2 Å². The number of anilines is 1. The van der Waals surface area contributed by atoms with E-state index in [9.17, 15) is 4.79 Å². The highest BCUT2D eigenvalue weighted by atomic mass is 35.5. The predicted molar refractivity (Wildman–Crippen MR) is 116 cm³/mol. The molecule has 0 radical (unpaired) electrons. The van der Waals surface area contributed by atoms with Crippen LogP contribution in [-0.2, 0) is 7.05 Å². The summed E-state index contributed by atoms with van der Waals surface area (Å²) in [5, 5.41) is 3.55. The third kappa shape index (κ3) is 4.41. The molecule has 0 aliphatic carbocycles. The van der Waals surface area contributed by atoms with Gasteiger partial charge in [-0.05, 0) is 29.8 Å². The van der Waals surface area contributed by atoms with E-state index in [0.29, 0.717) is 11.6 Å². The van der Waals surface area contributed by atoms with E-state index in [1.165, 1.54) is 5.56 Å². The SMILES string of the molecule is COc1ccc(C2CN(c3nc(-c4ccncc4)cc(=O)n3C)CCN2)cc1.Cl. The Kier molecular flexibility index (Phi) is 6.51.